The van der Waals surface area contributed by atoms with Gasteiger partial charge in [-0.05, 0) is 36.2 Å². The van der Waals surface area contributed by atoms with E-state index in [1.807, 2.05) is 4.90 Å². The normalized spacial score (nSPS) is 18.4. The SMILES string of the molecule is O=C1CCC(N2C(=O)c3ccc(CN4CCN(C(=O)c5cc(Cc6n[nH]c(=O)c7ccccc67)ccc5F)CC4)c(F)c3C2=O)C(=O)N1. The Bertz CT molecular complexity index is 2110. The van der Waals surface area contributed by atoms with Crippen LogP contribution in [0.5, 0.6) is 0 Å². The van der Waals surface area contributed by atoms with Crippen molar-refractivity contribution in [3.8, 4) is 0 Å². The van der Waals surface area contributed by atoms with Crippen molar-refractivity contribution >= 4 is 40.3 Å². The maximum absolute atomic E-state index is 15.7. The van der Waals surface area contributed by atoms with Crippen molar-refractivity contribution in [2.24, 2.45) is 0 Å². The number of hydrogen-bond donors (Lipinski definition) is 2. The molecular formula is C34H28F2N6O6. The maximum Gasteiger partial charge on any atom is 0.272 e. The number of aromatic amines is 1. The number of imide groups is 2. The Morgan fingerprint density at radius 3 is 2.40 bits per heavy atom. The highest BCUT2D eigenvalue weighted by Gasteiger charge is 2.46. The van der Waals surface area contributed by atoms with Crippen LogP contribution in [0, 0.1) is 11.6 Å². The second kappa shape index (κ2) is 12.2. The highest BCUT2D eigenvalue weighted by Crippen LogP contribution is 2.31. The minimum Gasteiger partial charge on any atom is -0.336 e. The zero-order valence-corrected chi connectivity index (χ0v) is 25.4. The predicted molar refractivity (Wildman–Crippen MR) is 166 cm³/mol. The highest BCUT2D eigenvalue weighted by molar-refractivity contribution is 6.23. The van der Waals surface area contributed by atoms with E-state index in [9.17, 15) is 33.2 Å². The number of H-pyrrole nitrogens is 1. The van der Waals surface area contributed by atoms with Gasteiger partial charge in [0.25, 0.3) is 23.3 Å². The Morgan fingerprint density at radius 2 is 1.65 bits per heavy atom. The molecule has 5 amide bonds. The number of benzene rings is 3. The van der Waals surface area contributed by atoms with E-state index in [1.54, 1.807) is 30.3 Å². The summed E-state index contributed by atoms with van der Waals surface area (Å²) < 4.78 is 30.6. The smallest absolute Gasteiger partial charge is 0.272 e. The van der Waals surface area contributed by atoms with Gasteiger partial charge in [0, 0.05) is 56.5 Å². The maximum atomic E-state index is 15.7. The lowest BCUT2D eigenvalue weighted by Gasteiger charge is -2.35. The number of carbonyl (C=O) groups excluding carboxylic acids is 5. The summed E-state index contributed by atoms with van der Waals surface area (Å²) in [5, 5.41) is 9.91. The van der Waals surface area contributed by atoms with Gasteiger partial charge in [-0.2, -0.15) is 5.10 Å². The Kier molecular flexibility index (Phi) is 7.87. The minimum atomic E-state index is -1.20. The number of nitrogens with one attached hydrogen (secondary N) is 2. The molecule has 4 aromatic rings. The molecule has 7 rings (SSSR count). The molecule has 3 aliphatic rings. The number of carbonyl (C=O) groups is 5. The number of piperazine rings is 1. The third-order valence-corrected chi connectivity index (χ3v) is 9.09. The fourth-order valence-electron chi connectivity index (χ4n) is 6.55. The van der Waals surface area contributed by atoms with Gasteiger partial charge in [0.1, 0.15) is 17.7 Å². The number of hydrogen-bond acceptors (Lipinski definition) is 8. The third kappa shape index (κ3) is 5.43. The van der Waals surface area contributed by atoms with Crippen molar-refractivity contribution in [3.63, 3.8) is 0 Å². The van der Waals surface area contributed by atoms with Gasteiger partial charge in [-0.25, -0.2) is 13.9 Å². The van der Waals surface area contributed by atoms with Crippen LogP contribution in [0.4, 0.5) is 8.78 Å². The molecule has 3 aromatic carbocycles. The van der Waals surface area contributed by atoms with Gasteiger partial charge in [-0.1, -0.05) is 30.3 Å². The van der Waals surface area contributed by atoms with E-state index in [1.165, 1.54) is 29.2 Å². The van der Waals surface area contributed by atoms with Crippen molar-refractivity contribution in [1.82, 2.24) is 30.2 Å². The van der Waals surface area contributed by atoms with E-state index in [-0.39, 0.29) is 61.1 Å². The molecule has 0 saturated carbocycles. The molecule has 0 bridgehead atoms. The molecule has 2 N–H and O–H groups in total. The van der Waals surface area contributed by atoms with Crippen molar-refractivity contribution in [3.05, 3.63) is 110 Å². The van der Waals surface area contributed by atoms with Gasteiger partial charge < -0.3 is 4.90 Å². The van der Waals surface area contributed by atoms with Crippen LogP contribution >= 0.6 is 0 Å². The molecule has 1 unspecified atom stereocenters. The van der Waals surface area contributed by atoms with E-state index in [0.717, 1.165) is 4.90 Å². The molecule has 4 heterocycles. The molecule has 244 valence electrons. The molecule has 48 heavy (non-hydrogen) atoms. The average molecular weight is 655 g/mol. The number of fused-ring (bicyclic) bond motifs is 2. The number of piperidine rings is 1. The first-order chi connectivity index (χ1) is 23.1. The van der Waals surface area contributed by atoms with Gasteiger partial charge in [-0.15, -0.1) is 0 Å². The lowest BCUT2D eigenvalue weighted by atomic mass is 10.0. The Balaban J connectivity index is 1.02. The minimum absolute atomic E-state index is 0.0364. The topological polar surface area (TPSA) is 153 Å². The number of aromatic nitrogens is 2. The lowest BCUT2D eigenvalue weighted by molar-refractivity contribution is -0.136. The molecule has 0 spiro atoms. The number of halogens is 2. The second-order valence-electron chi connectivity index (χ2n) is 12.0. The predicted octanol–water partition coefficient (Wildman–Crippen LogP) is 2.15. The van der Waals surface area contributed by atoms with Crippen LogP contribution in [0.1, 0.15) is 60.7 Å². The van der Waals surface area contributed by atoms with Crippen LogP contribution in [0.15, 0.2) is 59.4 Å². The van der Waals surface area contributed by atoms with Gasteiger partial charge in [0.05, 0.1) is 27.8 Å². The Labute approximate surface area is 271 Å². The summed E-state index contributed by atoms with van der Waals surface area (Å²) in [5.74, 6) is -5.01. The van der Waals surface area contributed by atoms with Crippen LogP contribution in [0.2, 0.25) is 0 Å². The van der Waals surface area contributed by atoms with Crippen LogP contribution < -0.4 is 10.9 Å². The van der Waals surface area contributed by atoms with Crippen LogP contribution in [0.3, 0.4) is 0 Å². The molecule has 0 aliphatic carbocycles. The summed E-state index contributed by atoms with van der Waals surface area (Å²) in [6, 6.07) is 12.9. The monoisotopic (exact) mass is 654 g/mol. The zero-order chi connectivity index (χ0) is 33.7. The number of rotatable bonds is 6. The lowest BCUT2D eigenvalue weighted by Crippen LogP contribution is -2.54. The van der Waals surface area contributed by atoms with Crippen molar-refractivity contribution in [1.29, 1.82) is 0 Å². The molecular weight excluding hydrogens is 626 g/mol. The van der Waals surface area contributed by atoms with Gasteiger partial charge in [-0.3, -0.25) is 43.9 Å². The number of nitrogens with zero attached hydrogens (tertiary/aromatic N) is 4. The Hall–Kier alpha value is -5.63. The number of amides is 5. The van der Waals surface area contributed by atoms with E-state index in [0.29, 0.717) is 35.1 Å². The summed E-state index contributed by atoms with van der Waals surface area (Å²) in [6.45, 7) is 1.24. The average Bonchev–Trinajstić information content (AvgIpc) is 3.34. The summed E-state index contributed by atoms with van der Waals surface area (Å²) in [6.07, 6.45) is 0.179. The summed E-state index contributed by atoms with van der Waals surface area (Å²) in [4.78, 5) is 79.7. The standard InChI is InChI=1S/C34H28F2N6O6/c35-24-8-5-18(16-25-20-3-1-2-4-21(20)30(44)39-38-25)15-23(24)32(46)41-13-11-40(12-14-41)17-19-6-7-22-28(29(19)36)34(48)42(33(22)47)26-9-10-27(43)37-31(26)45/h1-8,15,26H,9-14,16-17H2,(H,39,44)(H,37,43,45). The molecule has 14 heteroatoms. The summed E-state index contributed by atoms with van der Waals surface area (Å²) in [7, 11) is 0. The largest absolute Gasteiger partial charge is 0.336 e. The molecule has 12 nitrogen and oxygen atoms in total. The van der Waals surface area contributed by atoms with Crippen LogP contribution in [-0.2, 0) is 22.6 Å². The summed E-state index contributed by atoms with van der Waals surface area (Å²) in [5.41, 5.74) is 0.427. The van der Waals surface area contributed by atoms with Gasteiger partial charge in [0.2, 0.25) is 11.8 Å². The van der Waals surface area contributed by atoms with Crippen molar-refractivity contribution in [2.45, 2.75) is 31.8 Å². The van der Waals surface area contributed by atoms with Crippen molar-refractivity contribution in [2.75, 3.05) is 26.2 Å². The fourth-order valence-corrected chi connectivity index (χ4v) is 6.55. The molecule has 0 radical (unpaired) electrons. The van der Waals surface area contributed by atoms with Gasteiger partial charge >= 0.3 is 0 Å². The van der Waals surface area contributed by atoms with Crippen LogP contribution in [0.25, 0.3) is 10.8 Å². The molecule has 2 fully saturated rings. The second-order valence-corrected chi connectivity index (χ2v) is 12.0. The van der Waals surface area contributed by atoms with E-state index in [4.69, 9.17) is 0 Å². The first-order valence-electron chi connectivity index (χ1n) is 15.4. The van der Waals surface area contributed by atoms with Gasteiger partial charge in [0.15, 0.2) is 0 Å². The molecule has 2 saturated heterocycles. The molecule has 3 aliphatic heterocycles. The van der Waals surface area contributed by atoms with Crippen molar-refractivity contribution < 1.29 is 32.8 Å². The van der Waals surface area contributed by atoms with E-state index < -0.39 is 52.8 Å². The first-order valence-corrected chi connectivity index (χ1v) is 15.4. The summed E-state index contributed by atoms with van der Waals surface area (Å²) >= 11 is 0. The molecule has 1 aromatic heterocycles. The zero-order valence-electron chi connectivity index (χ0n) is 25.4. The quantitative estimate of drug-likeness (QED) is 0.300. The first kappa shape index (κ1) is 31.0. The molecule has 1 atom stereocenters. The van der Waals surface area contributed by atoms with E-state index >= 15 is 4.39 Å². The highest BCUT2D eigenvalue weighted by atomic mass is 19.1. The Morgan fingerprint density at radius 1 is 0.896 bits per heavy atom. The fraction of sp³-hybridized carbons (Fsp3) is 0.265. The third-order valence-electron chi connectivity index (χ3n) is 9.09. The van der Waals surface area contributed by atoms with E-state index in [2.05, 4.69) is 15.5 Å². The van der Waals surface area contributed by atoms with Crippen LogP contribution in [-0.4, -0.2) is 86.7 Å².